The van der Waals surface area contributed by atoms with Gasteiger partial charge in [0.2, 0.25) is 0 Å². The Morgan fingerprint density at radius 1 is 1.15 bits per heavy atom. The highest BCUT2D eigenvalue weighted by Gasteiger charge is 2.43. The van der Waals surface area contributed by atoms with Gasteiger partial charge in [-0.15, -0.1) is 0 Å². The average Bonchev–Trinajstić information content (AvgIpc) is 2.73. The third-order valence-electron chi connectivity index (χ3n) is 3.59. The van der Waals surface area contributed by atoms with Crippen LogP contribution in [0.4, 0.5) is 0 Å². The van der Waals surface area contributed by atoms with Crippen molar-refractivity contribution < 1.29 is 0 Å². The van der Waals surface area contributed by atoms with Crippen LogP contribution in [0, 0.1) is 11.8 Å². The second-order valence-corrected chi connectivity index (χ2v) is 5.74. The summed E-state index contributed by atoms with van der Waals surface area (Å²) in [7, 11) is 0. The van der Waals surface area contributed by atoms with Gasteiger partial charge in [0.05, 0.1) is 0 Å². The molecule has 13 heavy (non-hydrogen) atoms. The smallest absolute Gasteiger partial charge is 0.0211 e. The van der Waals surface area contributed by atoms with Crippen molar-refractivity contribution in [3.8, 4) is 0 Å². The first-order valence-electron chi connectivity index (χ1n) is 5.49. The van der Waals surface area contributed by atoms with Crippen molar-refractivity contribution in [3.63, 3.8) is 0 Å². The van der Waals surface area contributed by atoms with Gasteiger partial charge in [0.25, 0.3) is 0 Å². The van der Waals surface area contributed by atoms with E-state index in [0.717, 1.165) is 18.4 Å². The quantitative estimate of drug-likeness (QED) is 0.665. The Hall–Kier alpha value is -0.0800. The molecule has 2 nitrogen and oxygen atoms in total. The molecule has 1 aliphatic carbocycles. The highest BCUT2D eigenvalue weighted by Crippen LogP contribution is 2.42. The molecule has 2 rings (SSSR count). The first kappa shape index (κ1) is 9.47. The van der Waals surface area contributed by atoms with E-state index >= 15 is 0 Å². The zero-order valence-corrected chi connectivity index (χ0v) is 9.09. The topological polar surface area (TPSA) is 29.3 Å². The fraction of sp³-hybridized carbons (Fsp3) is 1.00. The molecule has 2 aliphatic rings. The normalized spacial score (nSPS) is 36.9. The lowest BCUT2D eigenvalue weighted by atomic mass is 9.99. The second-order valence-electron chi connectivity index (χ2n) is 5.74. The Bertz CT molecular complexity index is 191. The van der Waals surface area contributed by atoms with Crippen molar-refractivity contribution in [2.75, 3.05) is 13.1 Å². The summed E-state index contributed by atoms with van der Waals surface area (Å²) in [6.07, 6.45) is 2.85. The molecule has 1 aliphatic heterocycles. The van der Waals surface area contributed by atoms with Crippen LogP contribution >= 0.6 is 0 Å². The fourth-order valence-electron chi connectivity index (χ4n) is 2.43. The molecule has 1 saturated heterocycles. The van der Waals surface area contributed by atoms with Crippen molar-refractivity contribution in [2.45, 2.75) is 45.2 Å². The molecule has 2 heteroatoms. The Kier molecular flexibility index (Phi) is 2.16. The van der Waals surface area contributed by atoms with E-state index in [1.807, 2.05) is 0 Å². The van der Waals surface area contributed by atoms with Gasteiger partial charge in [0.1, 0.15) is 0 Å². The van der Waals surface area contributed by atoms with Crippen molar-refractivity contribution in [2.24, 2.45) is 17.6 Å². The molecule has 1 unspecified atom stereocenters. The molecule has 0 radical (unpaired) electrons. The molecule has 0 amide bonds. The van der Waals surface area contributed by atoms with E-state index in [-0.39, 0.29) is 0 Å². The molecule has 0 spiro atoms. The molecule has 0 aromatic rings. The summed E-state index contributed by atoms with van der Waals surface area (Å²) in [5.74, 6) is 1.75. The molecule has 1 heterocycles. The summed E-state index contributed by atoms with van der Waals surface area (Å²) in [6, 6.07) is 0.437. The van der Waals surface area contributed by atoms with Crippen molar-refractivity contribution >= 4 is 0 Å². The monoisotopic (exact) mass is 182 g/mol. The van der Waals surface area contributed by atoms with Crippen LogP contribution in [0.25, 0.3) is 0 Å². The lowest BCUT2D eigenvalue weighted by molar-refractivity contribution is 0.165. The third-order valence-corrected chi connectivity index (χ3v) is 3.59. The van der Waals surface area contributed by atoms with E-state index in [0.29, 0.717) is 11.6 Å². The number of rotatable bonds is 1. The van der Waals surface area contributed by atoms with E-state index in [4.69, 9.17) is 5.73 Å². The molecule has 76 valence electrons. The number of nitrogens with two attached hydrogens (primary N) is 1. The maximum Gasteiger partial charge on any atom is 0.0211 e. The van der Waals surface area contributed by atoms with Crippen LogP contribution < -0.4 is 5.73 Å². The van der Waals surface area contributed by atoms with Crippen LogP contribution in [-0.2, 0) is 0 Å². The molecule has 0 aromatic carbocycles. The first-order valence-corrected chi connectivity index (χ1v) is 5.49. The second kappa shape index (κ2) is 2.96. The van der Waals surface area contributed by atoms with E-state index in [2.05, 4.69) is 25.7 Å². The first-order chi connectivity index (χ1) is 5.98. The Labute approximate surface area is 81.5 Å². The maximum absolute atomic E-state index is 6.17. The zero-order valence-electron chi connectivity index (χ0n) is 9.09. The number of nitrogens with zero attached hydrogens (tertiary/aromatic N) is 1. The Balaban J connectivity index is 1.97. The number of hydrogen-bond donors (Lipinski definition) is 1. The van der Waals surface area contributed by atoms with Gasteiger partial charge in [-0.1, -0.05) is 0 Å². The summed E-state index contributed by atoms with van der Waals surface area (Å²) in [5, 5.41) is 0. The van der Waals surface area contributed by atoms with E-state index < -0.39 is 0 Å². The minimum atomic E-state index is 0.307. The lowest BCUT2D eigenvalue weighted by Crippen LogP contribution is -2.40. The molecule has 0 aromatic heterocycles. The maximum atomic E-state index is 6.17. The summed E-state index contributed by atoms with van der Waals surface area (Å²) in [4.78, 5) is 2.54. The van der Waals surface area contributed by atoms with Crippen LogP contribution in [0.15, 0.2) is 0 Å². The van der Waals surface area contributed by atoms with Gasteiger partial charge in [0, 0.05) is 24.7 Å². The highest BCUT2D eigenvalue weighted by atomic mass is 15.2. The Morgan fingerprint density at radius 3 is 2.15 bits per heavy atom. The van der Waals surface area contributed by atoms with Gasteiger partial charge in [-0.05, 0) is 45.4 Å². The molecule has 2 fully saturated rings. The van der Waals surface area contributed by atoms with Gasteiger partial charge >= 0.3 is 0 Å². The van der Waals surface area contributed by atoms with E-state index in [1.165, 1.54) is 19.4 Å². The highest BCUT2D eigenvalue weighted by molar-refractivity contribution is 4.98. The largest absolute Gasteiger partial charge is 0.326 e. The predicted octanol–water partition coefficient (Wildman–Crippen LogP) is 1.45. The average molecular weight is 182 g/mol. The van der Waals surface area contributed by atoms with Gasteiger partial charge in [-0.2, -0.15) is 0 Å². The van der Waals surface area contributed by atoms with Crippen LogP contribution in [0.3, 0.4) is 0 Å². The minimum Gasteiger partial charge on any atom is -0.326 e. The van der Waals surface area contributed by atoms with E-state index in [9.17, 15) is 0 Å². The summed E-state index contributed by atoms with van der Waals surface area (Å²) < 4.78 is 0. The minimum absolute atomic E-state index is 0.307. The summed E-state index contributed by atoms with van der Waals surface area (Å²) in [6.45, 7) is 9.19. The lowest BCUT2D eigenvalue weighted by Gasteiger charge is -2.31. The van der Waals surface area contributed by atoms with Gasteiger partial charge in [-0.25, -0.2) is 0 Å². The molecule has 1 saturated carbocycles. The van der Waals surface area contributed by atoms with Gasteiger partial charge in [0.15, 0.2) is 0 Å². The molecule has 2 atom stereocenters. The van der Waals surface area contributed by atoms with Gasteiger partial charge in [-0.3, -0.25) is 4.90 Å². The molecule has 0 bridgehead atoms. The van der Waals surface area contributed by atoms with Crippen molar-refractivity contribution in [3.05, 3.63) is 0 Å². The van der Waals surface area contributed by atoms with Crippen LogP contribution in [0.1, 0.15) is 33.6 Å². The third kappa shape index (κ3) is 1.89. The van der Waals surface area contributed by atoms with Crippen molar-refractivity contribution in [1.29, 1.82) is 0 Å². The van der Waals surface area contributed by atoms with Crippen LogP contribution in [0.2, 0.25) is 0 Å². The summed E-state index contributed by atoms with van der Waals surface area (Å²) in [5.41, 5.74) is 6.47. The predicted molar refractivity (Wildman–Crippen MR) is 55.5 cm³/mol. The zero-order chi connectivity index (χ0) is 9.64. The number of hydrogen-bond acceptors (Lipinski definition) is 2. The number of likely N-dealkylation sites (tertiary alicyclic amines) is 1. The van der Waals surface area contributed by atoms with Crippen LogP contribution in [-0.4, -0.2) is 29.6 Å². The van der Waals surface area contributed by atoms with Crippen molar-refractivity contribution in [1.82, 2.24) is 4.90 Å². The van der Waals surface area contributed by atoms with Crippen LogP contribution in [0.5, 0.6) is 0 Å². The fourth-order valence-corrected chi connectivity index (χ4v) is 2.43. The van der Waals surface area contributed by atoms with E-state index in [1.54, 1.807) is 0 Å². The molecular formula is C11H22N2. The van der Waals surface area contributed by atoms with Gasteiger partial charge < -0.3 is 5.73 Å². The molecule has 2 N–H and O–H groups in total. The molecular weight excluding hydrogens is 160 g/mol. The Morgan fingerprint density at radius 2 is 1.77 bits per heavy atom. The SMILES string of the molecule is CC(C)(C)N1CC(C2CC2)[C@H](N)C1. The summed E-state index contributed by atoms with van der Waals surface area (Å²) >= 11 is 0. The standard InChI is InChI=1S/C11H22N2/c1-11(2,3)13-6-9(8-4-5-8)10(12)7-13/h8-10H,4-7,12H2,1-3H3/t9?,10-/m1/s1.